The number of rotatable bonds is 8. The van der Waals surface area contributed by atoms with E-state index in [-0.39, 0.29) is 39.8 Å². The highest BCUT2D eigenvalue weighted by molar-refractivity contribution is 6.26. The number of benzene rings is 8. The Morgan fingerprint density at radius 3 is 2.02 bits per heavy atom. The summed E-state index contributed by atoms with van der Waals surface area (Å²) < 4.78 is 11.2. The fourth-order valence-electron chi connectivity index (χ4n) is 6.77. The lowest BCUT2D eigenvalue weighted by Crippen LogP contribution is -2.13. The van der Waals surface area contributed by atoms with Crippen LogP contribution in [0.4, 0.5) is 22.7 Å². The normalized spacial score (nSPS) is 11.5. The molecule has 0 aliphatic carbocycles. The van der Waals surface area contributed by atoms with Crippen LogP contribution in [0.3, 0.4) is 0 Å². The van der Waals surface area contributed by atoms with Crippen molar-refractivity contribution >= 4 is 77.7 Å². The van der Waals surface area contributed by atoms with Gasteiger partial charge in [-0.15, -0.1) is 10.2 Å². The van der Waals surface area contributed by atoms with E-state index in [4.69, 9.17) is 9.47 Å². The van der Waals surface area contributed by atoms with E-state index in [1.54, 1.807) is 18.2 Å². The fourth-order valence-corrected chi connectivity index (χ4v) is 6.77. The van der Waals surface area contributed by atoms with Crippen LogP contribution in [0.2, 0.25) is 0 Å². The molecular weight excluding hydrogens is 652 g/mol. The third-order valence-electron chi connectivity index (χ3n) is 9.30. The quantitative estimate of drug-likeness (QED) is 0.109. The highest BCUT2D eigenvalue weighted by Gasteiger charge is 2.22. The number of aryl methyl sites for hydroxylation is 1. The van der Waals surface area contributed by atoms with Crippen LogP contribution in [0.1, 0.15) is 26.3 Å². The molecule has 3 N–H and O–H groups in total. The number of aromatic hydroxyl groups is 1. The van der Waals surface area contributed by atoms with E-state index in [2.05, 4.69) is 51.2 Å². The molecule has 0 bridgehead atoms. The van der Waals surface area contributed by atoms with Gasteiger partial charge in [-0.2, -0.15) is 0 Å². The number of anilines is 2. The number of nitrogens with zero attached hydrogens (tertiary/aromatic N) is 2. The van der Waals surface area contributed by atoms with Crippen molar-refractivity contribution < 1.29 is 24.2 Å². The van der Waals surface area contributed by atoms with Gasteiger partial charge in [-0.05, 0) is 69.6 Å². The number of phenols is 1. The molecule has 0 unspecified atom stereocenters. The minimum atomic E-state index is -0.500. The van der Waals surface area contributed by atoms with Crippen LogP contribution >= 0.6 is 0 Å². The molecular formula is C43H32N4O5. The van der Waals surface area contributed by atoms with E-state index in [1.807, 2.05) is 67.6 Å². The first-order valence-corrected chi connectivity index (χ1v) is 16.6. The van der Waals surface area contributed by atoms with E-state index >= 15 is 0 Å². The van der Waals surface area contributed by atoms with Gasteiger partial charge in [0.05, 0.1) is 25.3 Å². The van der Waals surface area contributed by atoms with Crippen LogP contribution < -0.4 is 20.1 Å². The molecule has 0 radical (unpaired) electrons. The lowest BCUT2D eigenvalue weighted by Gasteiger charge is -2.16. The van der Waals surface area contributed by atoms with Crippen molar-refractivity contribution in [2.24, 2.45) is 10.2 Å². The molecule has 0 aromatic heterocycles. The predicted octanol–water partition coefficient (Wildman–Crippen LogP) is 10.7. The van der Waals surface area contributed by atoms with Crippen molar-refractivity contribution in [2.75, 3.05) is 24.9 Å². The molecule has 254 valence electrons. The number of ether oxygens (including phenoxy) is 2. The summed E-state index contributed by atoms with van der Waals surface area (Å²) in [6, 6.07) is 37.8. The van der Waals surface area contributed by atoms with Crippen LogP contribution in [-0.4, -0.2) is 31.1 Å². The number of hydrogen-bond acceptors (Lipinski definition) is 7. The molecule has 52 heavy (non-hydrogen) atoms. The van der Waals surface area contributed by atoms with Crippen molar-refractivity contribution in [1.29, 1.82) is 0 Å². The molecule has 0 fully saturated rings. The first kappa shape index (κ1) is 32.2. The molecule has 8 rings (SSSR count). The first-order valence-electron chi connectivity index (χ1n) is 16.6. The fraction of sp³-hybridized carbons (Fsp3) is 0.0698. The van der Waals surface area contributed by atoms with E-state index in [9.17, 15) is 14.7 Å². The van der Waals surface area contributed by atoms with Crippen molar-refractivity contribution in [3.8, 4) is 17.2 Å². The minimum Gasteiger partial charge on any atom is -0.505 e. The number of carbonyl (C=O) groups excluding carboxylic acids is 2. The minimum absolute atomic E-state index is 0.0372. The van der Waals surface area contributed by atoms with Crippen LogP contribution in [0, 0.1) is 6.92 Å². The smallest absolute Gasteiger partial charge is 0.259 e. The van der Waals surface area contributed by atoms with Crippen molar-refractivity contribution in [3.05, 3.63) is 138 Å². The molecule has 8 aromatic rings. The lowest BCUT2D eigenvalue weighted by molar-refractivity contribution is 0.101. The molecule has 0 saturated carbocycles. The first-order chi connectivity index (χ1) is 25.3. The third kappa shape index (κ3) is 5.64. The molecule has 0 spiro atoms. The standard InChI is InChI=1S/C43H32N4O5/c1-24-12-17-30-28(20-24)21-33(43(50)45-34-19-16-27-14-13-25-8-7-9-26-15-18-31(34)39(27)38(25)26)41(48)40(30)47-46-35-23-36(51-2)32(22-37(35)52-3)42(49)44-29-10-5-4-6-11-29/h4-23,48H,1-3H3,(H,44,49)(H,45,50). The van der Waals surface area contributed by atoms with Gasteiger partial charge in [-0.1, -0.05) is 90.5 Å². The zero-order valence-corrected chi connectivity index (χ0v) is 28.5. The summed E-state index contributed by atoms with van der Waals surface area (Å²) in [6.45, 7) is 1.95. The third-order valence-corrected chi connectivity index (χ3v) is 9.30. The number of amides is 2. The van der Waals surface area contributed by atoms with E-state index in [0.717, 1.165) is 37.9 Å². The Hall–Kier alpha value is -7.00. The zero-order chi connectivity index (χ0) is 35.9. The van der Waals surface area contributed by atoms with Gasteiger partial charge in [0.2, 0.25) is 0 Å². The van der Waals surface area contributed by atoms with Crippen LogP contribution in [-0.2, 0) is 0 Å². The Morgan fingerprint density at radius 1 is 0.596 bits per heavy atom. The number of para-hydroxylation sites is 1. The molecule has 0 saturated heterocycles. The van der Waals surface area contributed by atoms with Gasteiger partial charge in [0.25, 0.3) is 11.8 Å². The van der Waals surface area contributed by atoms with E-state index < -0.39 is 11.8 Å². The van der Waals surface area contributed by atoms with Crippen molar-refractivity contribution in [1.82, 2.24) is 0 Å². The van der Waals surface area contributed by atoms with E-state index in [0.29, 0.717) is 22.1 Å². The number of fused-ring (bicyclic) bond motifs is 1. The number of azo groups is 1. The summed E-state index contributed by atoms with van der Waals surface area (Å²) in [5, 5.41) is 34.2. The Balaban J connectivity index is 1.18. The predicted molar refractivity (Wildman–Crippen MR) is 207 cm³/mol. The van der Waals surface area contributed by atoms with Gasteiger partial charge in [0.1, 0.15) is 22.9 Å². The van der Waals surface area contributed by atoms with Gasteiger partial charge in [0.15, 0.2) is 5.75 Å². The Labute approximate surface area is 298 Å². The highest BCUT2D eigenvalue weighted by atomic mass is 16.5. The molecule has 9 heteroatoms. The largest absolute Gasteiger partial charge is 0.505 e. The van der Waals surface area contributed by atoms with Crippen LogP contribution in [0.25, 0.3) is 43.1 Å². The number of phenolic OH excluding ortho intramolecular Hbond substituents is 1. The van der Waals surface area contributed by atoms with Gasteiger partial charge < -0.3 is 25.2 Å². The van der Waals surface area contributed by atoms with Crippen LogP contribution in [0.5, 0.6) is 17.2 Å². The van der Waals surface area contributed by atoms with Gasteiger partial charge in [-0.25, -0.2) is 0 Å². The average molecular weight is 685 g/mol. The average Bonchev–Trinajstić information content (AvgIpc) is 3.17. The van der Waals surface area contributed by atoms with Crippen LogP contribution in [0.15, 0.2) is 132 Å². The number of carbonyl (C=O) groups is 2. The molecule has 0 aliphatic rings. The zero-order valence-electron chi connectivity index (χ0n) is 28.5. The maximum absolute atomic E-state index is 14.0. The highest BCUT2D eigenvalue weighted by Crippen LogP contribution is 2.43. The van der Waals surface area contributed by atoms with Gasteiger partial charge in [0, 0.05) is 28.2 Å². The molecule has 2 amide bonds. The number of methoxy groups -OCH3 is 2. The summed E-state index contributed by atoms with van der Waals surface area (Å²) >= 11 is 0. The van der Waals surface area contributed by atoms with Crippen molar-refractivity contribution in [3.63, 3.8) is 0 Å². The summed E-state index contributed by atoms with van der Waals surface area (Å²) in [4.78, 5) is 27.2. The number of hydrogen-bond donors (Lipinski definition) is 3. The monoisotopic (exact) mass is 684 g/mol. The SMILES string of the molecule is COc1cc(C(=O)Nc2ccccc2)c(OC)cc1N=Nc1c(O)c(C(=O)Nc2ccc3ccc4cccc5ccc2c3c45)cc2cc(C)ccc12. The number of nitrogens with one attached hydrogen (secondary N) is 2. The molecule has 0 heterocycles. The second kappa shape index (κ2) is 13.0. The maximum Gasteiger partial charge on any atom is 0.259 e. The maximum atomic E-state index is 14.0. The summed E-state index contributed by atoms with van der Waals surface area (Å²) in [5.74, 6) is -0.729. The Morgan fingerprint density at radius 2 is 1.27 bits per heavy atom. The molecule has 0 atom stereocenters. The Bertz CT molecular complexity index is 2710. The molecule has 9 nitrogen and oxygen atoms in total. The second-order valence-electron chi connectivity index (χ2n) is 12.5. The molecule has 8 aromatic carbocycles. The Kier molecular flexibility index (Phi) is 8.08. The van der Waals surface area contributed by atoms with Crippen molar-refractivity contribution in [2.45, 2.75) is 6.92 Å². The molecule has 0 aliphatic heterocycles. The summed E-state index contributed by atoms with van der Waals surface area (Å²) in [6.07, 6.45) is 0. The lowest BCUT2D eigenvalue weighted by atomic mass is 9.93. The summed E-state index contributed by atoms with van der Waals surface area (Å²) in [5.41, 5.74) is 2.83. The van der Waals surface area contributed by atoms with E-state index in [1.165, 1.54) is 26.4 Å². The second-order valence-corrected chi connectivity index (χ2v) is 12.5. The summed E-state index contributed by atoms with van der Waals surface area (Å²) in [7, 11) is 2.91. The van der Waals surface area contributed by atoms with Gasteiger partial charge in [-0.3, -0.25) is 9.59 Å². The topological polar surface area (TPSA) is 122 Å². The van der Waals surface area contributed by atoms with Gasteiger partial charge >= 0.3 is 0 Å².